The molecule has 6 aliphatic rings. The van der Waals surface area contributed by atoms with E-state index in [1.807, 2.05) is 0 Å². The van der Waals surface area contributed by atoms with Gasteiger partial charge in [-0.15, -0.1) is 0 Å². The maximum Gasteiger partial charge on any atom is 0.306 e. The van der Waals surface area contributed by atoms with Crippen LogP contribution in [0, 0.1) is 52.3 Å². The molecule has 36 heavy (non-hydrogen) atoms. The van der Waals surface area contributed by atoms with Gasteiger partial charge in [0.05, 0.1) is 12.7 Å². The second-order valence-electron chi connectivity index (χ2n) is 14.7. The molecule has 4 saturated carbocycles. The highest BCUT2D eigenvalue weighted by atomic mass is 16.7. The van der Waals surface area contributed by atoms with E-state index < -0.39 is 0 Å². The van der Waals surface area contributed by atoms with Gasteiger partial charge in [-0.2, -0.15) is 0 Å². The van der Waals surface area contributed by atoms with Crippen molar-refractivity contribution in [3.63, 3.8) is 0 Å². The molecular weight excluding hydrogens is 448 g/mol. The molecule has 0 aromatic heterocycles. The van der Waals surface area contributed by atoms with Crippen molar-refractivity contribution < 1.29 is 19.0 Å². The number of carbonyl (C=O) groups excluding carboxylic acids is 1. The molecule has 6 fully saturated rings. The Bertz CT molecular complexity index is 832. The van der Waals surface area contributed by atoms with E-state index in [9.17, 15) is 4.79 Å². The summed E-state index contributed by atoms with van der Waals surface area (Å²) in [4.78, 5) is 12.3. The lowest BCUT2D eigenvalue weighted by molar-refractivity contribution is -0.273. The first-order chi connectivity index (χ1) is 17.2. The Labute approximate surface area is 220 Å². The summed E-state index contributed by atoms with van der Waals surface area (Å²) in [5.74, 6) is 4.76. The average molecular weight is 501 g/mol. The van der Waals surface area contributed by atoms with Crippen molar-refractivity contribution in [2.45, 2.75) is 136 Å². The number of rotatable bonds is 4. The third kappa shape index (κ3) is 3.85. The number of esters is 1. The summed E-state index contributed by atoms with van der Waals surface area (Å²) in [5, 5.41) is 0. The minimum Gasteiger partial charge on any atom is -0.462 e. The lowest BCUT2D eigenvalue weighted by Gasteiger charge is -2.61. The second-order valence-corrected chi connectivity index (χ2v) is 14.7. The van der Waals surface area contributed by atoms with Crippen LogP contribution in [0.4, 0.5) is 0 Å². The summed E-state index contributed by atoms with van der Waals surface area (Å²) in [6.45, 7) is 13.0. The Balaban J connectivity index is 1.15. The van der Waals surface area contributed by atoms with Crippen molar-refractivity contribution >= 4 is 5.97 Å². The van der Waals surface area contributed by atoms with Gasteiger partial charge in [0.2, 0.25) is 0 Å². The molecule has 0 radical (unpaired) electrons. The molecular formula is C32H52O4. The van der Waals surface area contributed by atoms with Crippen molar-refractivity contribution in [1.82, 2.24) is 0 Å². The SMILES string of the molecule is CCCCC(=O)O[C@@H]1CC[C@@]2(C)[C@H](CC[C@@H]3[C@H]2CC[C@]2(C)[C@@H]4[C@H](C[C@@H]32)O[C@]2(CC[C@@H](C)CO2)[C@H]4C)C1. The van der Waals surface area contributed by atoms with Crippen LogP contribution >= 0.6 is 0 Å². The average Bonchev–Trinajstić information content (AvgIpc) is 3.30. The summed E-state index contributed by atoms with van der Waals surface area (Å²) >= 11 is 0. The van der Waals surface area contributed by atoms with Gasteiger partial charge < -0.3 is 14.2 Å². The van der Waals surface area contributed by atoms with Gasteiger partial charge in [-0.3, -0.25) is 4.79 Å². The molecule has 1 spiro atoms. The van der Waals surface area contributed by atoms with E-state index in [0.29, 0.717) is 41.1 Å². The van der Waals surface area contributed by atoms with Crippen LogP contribution in [0.5, 0.6) is 0 Å². The van der Waals surface area contributed by atoms with E-state index in [-0.39, 0.29) is 17.9 Å². The van der Waals surface area contributed by atoms with Crippen molar-refractivity contribution in [3.05, 3.63) is 0 Å². The maximum atomic E-state index is 12.3. The molecule has 2 saturated heterocycles. The third-order valence-electron chi connectivity index (χ3n) is 12.9. The first-order valence-electron chi connectivity index (χ1n) is 15.7. The predicted octanol–water partition coefficient (Wildman–Crippen LogP) is 7.53. The fourth-order valence-electron chi connectivity index (χ4n) is 10.9. The molecule has 0 unspecified atom stereocenters. The summed E-state index contributed by atoms with van der Waals surface area (Å²) < 4.78 is 19.4. The van der Waals surface area contributed by atoms with Crippen molar-refractivity contribution in [1.29, 1.82) is 0 Å². The number of carbonyl (C=O) groups is 1. The zero-order chi connectivity index (χ0) is 25.3. The van der Waals surface area contributed by atoms with Gasteiger partial charge in [0, 0.05) is 18.8 Å². The number of hydrogen-bond donors (Lipinski definition) is 0. The first-order valence-corrected chi connectivity index (χ1v) is 15.7. The molecule has 12 atom stereocenters. The monoisotopic (exact) mass is 500 g/mol. The molecule has 0 bridgehead atoms. The maximum absolute atomic E-state index is 12.3. The van der Waals surface area contributed by atoms with Crippen LogP contribution in [0.1, 0.15) is 118 Å². The number of hydrogen-bond acceptors (Lipinski definition) is 4. The fourth-order valence-corrected chi connectivity index (χ4v) is 10.9. The molecule has 204 valence electrons. The van der Waals surface area contributed by atoms with Crippen LogP contribution in [0.25, 0.3) is 0 Å². The van der Waals surface area contributed by atoms with E-state index in [2.05, 4.69) is 34.6 Å². The Hall–Kier alpha value is -0.610. The van der Waals surface area contributed by atoms with E-state index in [4.69, 9.17) is 14.2 Å². The first kappa shape index (κ1) is 25.7. The molecule has 0 aromatic rings. The van der Waals surface area contributed by atoms with Crippen LogP contribution in [-0.4, -0.2) is 30.6 Å². The summed E-state index contributed by atoms with van der Waals surface area (Å²) in [5.41, 5.74) is 0.820. The van der Waals surface area contributed by atoms with Gasteiger partial charge in [-0.05, 0) is 111 Å². The number of unbranched alkanes of at least 4 members (excludes halogenated alkanes) is 1. The zero-order valence-electron chi connectivity index (χ0n) is 23.7. The highest BCUT2D eigenvalue weighted by Gasteiger charge is 2.69. The van der Waals surface area contributed by atoms with E-state index in [1.165, 1.54) is 44.9 Å². The highest BCUT2D eigenvalue weighted by Crippen LogP contribution is 2.71. The molecule has 4 nitrogen and oxygen atoms in total. The molecule has 4 heteroatoms. The topological polar surface area (TPSA) is 44.8 Å². The Morgan fingerprint density at radius 3 is 2.50 bits per heavy atom. The lowest BCUT2D eigenvalue weighted by atomic mass is 9.44. The van der Waals surface area contributed by atoms with Gasteiger partial charge in [0.15, 0.2) is 5.79 Å². The van der Waals surface area contributed by atoms with E-state index >= 15 is 0 Å². The van der Waals surface area contributed by atoms with Crippen LogP contribution in [-0.2, 0) is 19.0 Å². The standard InChI is InChI=1S/C32H52O4/c1-6-7-8-28(33)35-23-12-14-30(4)22(17-23)9-10-24-25(30)13-15-31(5)26(24)18-27-29(31)21(3)32(36-27)16-11-20(2)19-34-32/h20-27,29H,6-19H2,1-5H3/t20-,21+,22-,23-,24-,25-,26+,27+,29+,30+,31+,32-/m1/s1. The van der Waals surface area contributed by atoms with Gasteiger partial charge in [0.25, 0.3) is 0 Å². The van der Waals surface area contributed by atoms with Gasteiger partial charge in [-0.25, -0.2) is 0 Å². The van der Waals surface area contributed by atoms with Crippen LogP contribution < -0.4 is 0 Å². The molecule has 0 aromatic carbocycles. The third-order valence-corrected chi connectivity index (χ3v) is 12.9. The van der Waals surface area contributed by atoms with Gasteiger partial charge in [0.1, 0.15) is 6.10 Å². The number of fused-ring (bicyclic) bond motifs is 7. The summed E-state index contributed by atoms with van der Waals surface area (Å²) in [6, 6.07) is 0. The van der Waals surface area contributed by atoms with E-state index in [0.717, 1.165) is 62.4 Å². The minimum atomic E-state index is -0.302. The molecule has 0 N–H and O–H groups in total. The van der Waals surface area contributed by atoms with Crippen molar-refractivity contribution in [3.8, 4) is 0 Å². The Kier molecular flexibility index (Phi) is 6.59. The summed E-state index contributed by atoms with van der Waals surface area (Å²) in [7, 11) is 0. The van der Waals surface area contributed by atoms with Crippen molar-refractivity contribution in [2.24, 2.45) is 52.3 Å². The predicted molar refractivity (Wildman–Crippen MR) is 141 cm³/mol. The van der Waals surface area contributed by atoms with E-state index in [1.54, 1.807) is 0 Å². The highest BCUT2D eigenvalue weighted by molar-refractivity contribution is 5.69. The molecule has 2 heterocycles. The molecule has 2 aliphatic heterocycles. The lowest BCUT2D eigenvalue weighted by Crippen LogP contribution is -2.55. The summed E-state index contributed by atoms with van der Waals surface area (Å²) in [6.07, 6.45) is 15.6. The minimum absolute atomic E-state index is 0.0355. The second kappa shape index (κ2) is 9.25. The van der Waals surface area contributed by atoms with Crippen LogP contribution in [0.15, 0.2) is 0 Å². The van der Waals surface area contributed by atoms with Crippen LogP contribution in [0.3, 0.4) is 0 Å². The zero-order valence-corrected chi connectivity index (χ0v) is 23.7. The number of ether oxygens (including phenoxy) is 3. The quantitative estimate of drug-likeness (QED) is 0.374. The van der Waals surface area contributed by atoms with Crippen molar-refractivity contribution in [2.75, 3.05) is 6.61 Å². The fraction of sp³-hybridized carbons (Fsp3) is 0.969. The van der Waals surface area contributed by atoms with Gasteiger partial charge >= 0.3 is 5.97 Å². The Morgan fingerprint density at radius 2 is 1.75 bits per heavy atom. The normalized spacial score (nSPS) is 53.9. The Morgan fingerprint density at radius 1 is 0.944 bits per heavy atom. The molecule has 6 rings (SSSR count). The molecule has 0 amide bonds. The van der Waals surface area contributed by atoms with Crippen LogP contribution in [0.2, 0.25) is 0 Å². The largest absolute Gasteiger partial charge is 0.462 e. The smallest absolute Gasteiger partial charge is 0.306 e. The molecule has 4 aliphatic carbocycles. The van der Waals surface area contributed by atoms with Gasteiger partial charge in [-0.1, -0.05) is 41.0 Å².